The number of benzene rings is 1. The van der Waals surface area contributed by atoms with Gasteiger partial charge in [-0.15, -0.1) is 0 Å². The molecule has 1 aromatic rings. The molecule has 3 heteroatoms. The standard InChI is InChI=1S/C14H18O3/c1-10(9-11-7-5-4-6-8-11)12(15)14(2,3)13(16)17/h4-8,10H,9H2,1-3H3,(H,16,17). The van der Waals surface area contributed by atoms with Crippen molar-refractivity contribution < 1.29 is 14.7 Å². The van der Waals surface area contributed by atoms with Gasteiger partial charge in [-0.3, -0.25) is 9.59 Å². The minimum Gasteiger partial charge on any atom is -0.481 e. The number of rotatable bonds is 5. The summed E-state index contributed by atoms with van der Waals surface area (Å²) in [4.78, 5) is 23.0. The average Bonchev–Trinajstić information content (AvgIpc) is 2.29. The average molecular weight is 234 g/mol. The highest BCUT2D eigenvalue weighted by Gasteiger charge is 2.38. The number of aliphatic carboxylic acids is 1. The van der Waals surface area contributed by atoms with E-state index in [4.69, 9.17) is 5.11 Å². The molecule has 0 heterocycles. The van der Waals surface area contributed by atoms with Crippen LogP contribution in [-0.2, 0) is 16.0 Å². The van der Waals surface area contributed by atoms with Gasteiger partial charge >= 0.3 is 5.97 Å². The summed E-state index contributed by atoms with van der Waals surface area (Å²) in [5, 5.41) is 9.01. The van der Waals surface area contributed by atoms with E-state index in [2.05, 4.69) is 0 Å². The number of carboxylic acid groups (broad SMARTS) is 1. The minimum absolute atomic E-state index is 0.228. The quantitative estimate of drug-likeness (QED) is 0.796. The van der Waals surface area contributed by atoms with Crippen molar-refractivity contribution >= 4 is 11.8 Å². The fraction of sp³-hybridized carbons (Fsp3) is 0.429. The molecule has 1 unspecified atom stereocenters. The maximum atomic E-state index is 12.0. The van der Waals surface area contributed by atoms with Gasteiger partial charge in [0, 0.05) is 5.92 Å². The first kappa shape index (κ1) is 13.4. The van der Waals surface area contributed by atoms with E-state index in [1.165, 1.54) is 13.8 Å². The zero-order valence-corrected chi connectivity index (χ0v) is 10.4. The van der Waals surface area contributed by atoms with Crippen molar-refractivity contribution in [2.24, 2.45) is 11.3 Å². The van der Waals surface area contributed by atoms with E-state index in [-0.39, 0.29) is 11.7 Å². The first-order valence-electron chi connectivity index (χ1n) is 5.67. The van der Waals surface area contributed by atoms with Gasteiger partial charge in [-0.1, -0.05) is 37.3 Å². The number of carbonyl (C=O) groups excluding carboxylic acids is 1. The largest absolute Gasteiger partial charge is 0.481 e. The summed E-state index contributed by atoms with van der Waals surface area (Å²) >= 11 is 0. The second-order valence-electron chi connectivity index (χ2n) is 4.89. The number of hydrogen-bond acceptors (Lipinski definition) is 2. The lowest BCUT2D eigenvalue weighted by atomic mass is 9.80. The van der Waals surface area contributed by atoms with Crippen LogP contribution in [0.3, 0.4) is 0 Å². The van der Waals surface area contributed by atoms with Crippen molar-refractivity contribution in [3.63, 3.8) is 0 Å². The predicted molar refractivity (Wildman–Crippen MR) is 65.7 cm³/mol. The molecule has 1 N–H and O–H groups in total. The Kier molecular flexibility index (Phi) is 4.05. The van der Waals surface area contributed by atoms with Gasteiger partial charge in [0.05, 0.1) is 0 Å². The summed E-state index contributed by atoms with van der Waals surface area (Å²) in [7, 11) is 0. The molecule has 0 spiro atoms. The molecule has 0 fully saturated rings. The molecule has 0 saturated carbocycles. The minimum atomic E-state index is -1.31. The summed E-state index contributed by atoms with van der Waals surface area (Å²) < 4.78 is 0. The van der Waals surface area contributed by atoms with Crippen molar-refractivity contribution in [2.45, 2.75) is 27.2 Å². The molecule has 0 bridgehead atoms. The zero-order chi connectivity index (χ0) is 13.1. The number of Topliss-reactive ketones (excluding diaryl/α,β-unsaturated/α-hetero) is 1. The Hall–Kier alpha value is -1.64. The van der Waals surface area contributed by atoms with Crippen LogP contribution in [0, 0.1) is 11.3 Å². The number of hydrogen-bond donors (Lipinski definition) is 1. The number of carbonyl (C=O) groups is 2. The highest BCUT2D eigenvalue weighted by atomic mass is 16.4. The number of ketones is 1. The van der Waals surface area contributed by atoms with E-state index in [1.807, 2.05) is 30.3 Å². The molecular formula is C14H18O3. The topological polar surface area (TPSA) is 54.4 Å². The van der Waals surface area contributed by atoms with E-state index in [9.17, 15) is 9.59 Å². The fourth-order valence-corrected chi connectivity index (χ4v) is 1.78. The molecule has 0 aliphatic rings. The van der Waals surface area contributed by atoms with Gasteiger partial charge in [0.25, 0.3) is 0 Å². The summed E-state index contributed by atoms with van der Waals surface area (Å²) in [6.45, 7) is 4.69. The predicted octanol–water partition coefficient (Wildman–Crippen LogP) is 2.55. The molecule has 0 aliphatic heterocycles. The van der Waals surface area contributed by atoms with Crippen molar-refractivity contribution in [2.75, 3.05) is 0 Å². The lowest BCUT2D eigenvalue weighted by molar-refractivity contribution is -0.153. The van der Waals surface area contributed by atoms with Gasteiger partial charge in [-0.2, -0.15) is 0 Å². The van der Waals surface area contributed by atoms with Crippen molar-refractivity contribution in [3.05, 3.63) is 35.9 Å². The third kappa shape index (κ3) is 3.16. The van der Waals surface area contributed by atoms with Crippen LogP contribution in [0.15, 0.2) is 30.3 Å². The molecule has 0 saturated heterocycles. The molecular weight excluding hydrogens is 216 g/mol. The molecule has 1 atom stereocenters. The SMILES string of the molecule is CC(Cc1ccccc1)C(=O)C(C)(C)C(=O)O. The number of carboxylic acids is 1. The van der Waals surface area contributed by atoms with E-state index in [1.54, 1.807) is 6.92 Å². The Bertz CT molecular complexity index is 407. The van der Waals surface area contributed by atoms with Crippen LogP contribution in [0.2, 0.25) is 0 Å². The smallest absolute Gasteiger partial charge is 0.316 e. The summed E-state index contributed by atoms with van der Waals surface area (Å²) in [5.41, 5.74) is -0.261. The maximum absolute atomic E-state index is 12.0. The molecule has 1 aromatic carbocycles. The van der Waals surface area contributed by atoms with Gasteiger partial charge in [-0.05, 0) is 25.8 Å². The van der Waals surface area contributed by atoms with E-state index in [0.717, 1.165) is 5.56 Å². The van der Waals surface area contributed by atoms with Crippen molar-refractivity contribution in [1.82, 2.24) is 0 Å². The molecule has 0 radical (unpaired) electrons. The maximum Gasteiger partial charge on any atom is 0.316 e. The Labute approximate surface area is 101 Å². The molecule has 0 amide bonds. The summed E-state index contributed by atoms with van der Waals surface area (Å²) in [6.07, 6.45) is 0.580. The monoisotopic (exact) mass is 234 g/mol. The van der Waals surface area contributed by atoms with Gasteiger partial charge in [0.2, 0.25) is 0 Å². The molecule has 17 heavy (non-hydrogen) atoms. The van der Waals surface area contributed by atoms with Crippen LogP contribution in [0.5, 0.6) is 0 Å². The van der Waals surface area contributed by atoms with Crippen LogP contribution in [0.4, 0.5) is 0 Å². The molecule has 0 aromatic heterocycles. The van der Waals surface area contributed by atoms with Crippen LogP contribution < -0.4 is 0 Å². The lowest BCUT2D eigenvalue weighted by Gasteiger charge is -2.22. The first-order chi connectivity index (χ1) is 7.85. The molecule has 0 aliphatic carbocycles. The summed E-state index contributed by atoms with van der Waals surface area (Å²) in [5.74, 6) is -1.58. The highest BCUT2D eigenvalue weighted by Crippen LogP contribution is 2.23. The van der Waals surface area contributed by atoms with E-state index >= 15 is 0 Å². The Morgan fingerprint density at radius 1 is 1.24 bits per heavy atom. The normalized spacial score (nSPS) is 13.1. The third-order valence-electron chi connectivity index (χ3n) is 2.98. The van der Waals surface area contributed by atoms with Crippen molar-refractivity contribution in [1.29, 1.82) is 0 Å². The Morgan fingerprint density at radius 2 is 1.76 bits per heavy atom. The Balaban J connectivity index is 2.75. The van der Waals surface area contributed by atoms with Gasteiger partial charge in [0.1, 0.15) is 5.41 Å². The summed E-state index contributed by atoms with van der Waals surface area (Å²) in [6, 6.07) is 9.62. The van der Waals surface area contributed by atoms with Crippen LogP contribution in [0.25, 0.3) is 0 Å². The lowest BCUT2D eigenvalue weighted by Crippen LogP contribution is -2.37. The van der Waals surface area contributed by atoms with Gasteiger partial charge in [0.15, 0.2) is 5.78 Å². The second-order valence-corrected chi connectivity index (χ2v) is 4.89. The molecule has 92 valence electrons. The van der Waals surface area contributed by atoms with Crippen molar-refractivity contribution in [3.8, 4) is 0 Å². The van der Waals surface area contributed by atoms with Gasteiger partial charge in [-0.25, -0.2) is 0 Å². The highest BCUT2D eigenvalue weighted by molar-refractivity contribution is 6.03. The van der Waals surface area contributed by atoms with Crippen LogP contribution in [0.1, 0.15) is 26.3 Å². The molecule has 1 rings (SSSR count). The third-order valence-corrected chi connectivity index (χ3v) is 2.98. The Morgan fingerprint density at radius 3 is 2.24 bits per heavy atom. The van der Waals surface area contributed by atoms with E-state index < -0.39 is 11.4 Å². The second kappa shape index (κ2) is 5.13. The van der Waals surface area contributed by atoms with E-state index in [0.29, 0.717) is 6.42 Å². The molecule has 3 nitrogen and oxygen atoms in total. The zero-order valence-electron chi connectivity index (χ0n) is 10.4. The first-order valence-corrected chi connectivity index (χ1v) is 5.67. The fourth-order valence-electron chi connectivity index (χ4n) is 1.78. The van der Waals surface area contributed by atoms with Gasteiger partial charge < -0.3 is 5.11 Å². The van der Waals surface area contributed by atoms with Crippen LogP contribution >= 0.6 is 0 Å². The van der Waals surface area contributed by atoms with Crippen LogP contribution in [-0.4, -0.2) is 16.9 Å².